The topological polar surface area (TPSA) is 95.9 Å². The van der Waals surface area contributed by atoms with Crippen LogP contribution >= 0.6 is 0 Å². The molecule has 60 heavy (non-hydrogen) atoms. The number of rotatable bonds is 42. The van der Waals surface area contributed by atoms with Crippen LogP contribution in [0.15, 0.2) is 97.2 Å². The van der Waals surface area contributed by atoms with Crippen LogP contribution in [0.2, 0.25) is 0 Å². The van der Waals surface area contributed by atoms with Gasteiger partial charge in [0.25, 0.3) is 0 Å². The summed E-state index contributed by atoms with van der Waals surface area (Å²) in [5.74, 6) is -0.571. The molecule has 0 heterocycles. The molecule has 6 heteroatoms. The zero-order valence-corrected chi connectivity index (χ0v) is 38.8. The number of allylic oxidation sites excluding steroid dienone is 16. The molecule has 6 nitrogen and oxygen atoms in total. The Morgan fingerprint density at radius 3 is 1.45 bits per heavy atom. The average Bonchev–Trinajstić information content (AvgIpc) is 3.24. The van der Waals surface area contributed by atoms with Gasteiger partial charge < -0.3 is 20.3 Å². The molecule has 0 radical (unpaired) electrons. The van der Waals surface area contributed by atoms with Crippen molar-refractivity contribution in [3.05, 3.63) is 97.2 Å². The summed E-state index contributed by atoms with van der Waals surface area (Å²) in [6.45, 7) is 6.26. The molecule has 3 unspecified atom stereocenters. The second-order valence-electron chi connectivity index (χ2n) is 16.3. The third kappa shape index (κ3) is 41.5. The SMILES string of the molecule is CC\C=C/C=C/C=C/C=C\C=C\C=C\CCCC(CC(=O)NC(CO)C(O)CCCCCCCCCCCCC)OC(=O)CCCCCCCC/C=C/C=C/CCCCC. The van der Waals surface area contributed by atoms with E-state index in [0.29, 0.717) is 19.3 Å². The largest absolute Gasteiger partial charge is 0.462 e. The second-order valence-corrected chi connectivity index (χ2v) is 16.3. The predicted molar refractivity (Wildman–Crippen MR) is 259 cm³/mol. The first kappa shape index (κ1) is 56.8. The van der Waals surface area contributed by atoms with Crippen molar-refractivity contribution >= 4 is 11.9 Å². The van der Waals surface area contributed by atoms with E-state index in [4.69, 9.17) is 4.74 Å². The van der Waals surface area contributed by atoms with Gasteiger partial charge >= 0.3 is 5.97 Å². The number of aliphatic hydroxyl groups excluding tert-OH is 2. The van der Waals surface area contributed by atoms with Crippen LogP contribution in [0.4, 0.5) is 0 Å². The third-order valence-corrected chi connectivity index (χ3v) is 10.6. The van der Waals surface area contributed by atoms with Gasteiger partial charge in [-0.3, -0.25) is 9.59 Å². The summed E-state index contributed by atoms with van der Waals surface area (Å²) in [5.41, 5.74) is 0. The minimum atomic E-state index is -0.814. The van der Waals surface area contributed by atoms with Gasteiger partial charge in [-0.05, 0) is 64.2 Å². The highest BCUT2D eigenvalue weighted by Gasteiger charge is 2.24. The molecule has 0 aliphatic carbocycles. The van der Waals surface area contributed by atoms with Gasteiger partial charge in [-0.15, -0.1) is 0 Å². The predicted octanol–water partition coefficient (Wildman–Crippen LogP) is 14.6. The number of carbonyl (C=O) groups excluding carboxylic acids is 2. The van der Waals surface area contributed by atoms with E-state index >= 15 is 0 Å². The van der Waals surface area contributed by atoms with Gasteiger partial charge in [0.1, 0.15) is 6.10 Å². The first-order valence-corrected chi connectivity index (χ1v) is 24.6. The highest BCUT2D eigenvalue weighted by molar-refractivity contribution is 5.77. The van der Waals surface area contributed by atoms with Gasteiger partial charge in [-0.1, -0.05) is 227 Å². The van der Waals surface area contributed by atoms with E-state index in [0.717, 1.165) is 64.2 Å². The highest BCUT2D eigenvalue weighted by atomic mass is 16.5. The first-order valence-electron chi connectivity index (χ1n) is 24.6. The fourth-order valence-electron chi connectivity index (χ4n) is 6.87. The Morgan fingerprint density at radius 2 is 0.917 bits per heavy atom. The van der Waals surface area contributed by atoms with E-state index in [9.17, 15) is 19.8 Å². The standard InChI is InChI=1S/C54H91NO5/c1-4-7-10-13-16-19-22-24-26-28-31-33-36-39-42-45-50(60-54(59)47-44-41-38-35-32-29-27-25-23-20-17-14-11-8-5-2)48-53(58)55-51(49-56)52(57)46-43-40-37-34-30-21-18-15-12-9-6-3/h7,10,13,16-17,19-20,22-26,28,31,33,36,50-52,56-57H,4-6,8-9,11-12,14-15,18,21,27,29-30,32,34-35,37-49H2,1-3H3,(H,55,58)/b10-7-,16-13+,20-17+,22-19+,25-23+,26-24-,31-28+,36-33+. The van der Waals surface area contributed by atoms with Crippen LogP contribution < -0.4 is 5.32 Å². The Morgan fingerprint density at radius 1 is 0.500 bits per heavy atom. The quantitative estimate of drug-likeness (QED) is 0.0323. The number of carbonyl (C=O) groups is 2. The smallest absolute Gasteiger partial charge is 0.306 e. The Bertz CT molecular complexity index is 1210. The molecule has 0 aromatic heterocycles. The van der Waals surface area contributed by atoms with Crippen LogP contribution in [0, 0.1) is 0 Å². The van der Waals surface area contributed by atoms with Crippen LogP contribution in [0.3, 0.4) is 0 Å². The summed E-state index contributed by atoms with van der Waals surface area (Å²) < 4.78 is 5.88. The lowest BCUT2D eigenvalue weighted by Crippen LogP contribution is -2.46. The third-order valence-electron chi connectivity index (χ3n) is 10.6. The van der Waals surface area contributed by atoms with Crippen molar-refractivity contribution in [2.24, 2.45) is 0 Å². The molecule has 0 aliphatic rings. The molecule has 1 amide bonds. The molecule has 0 bridgehead atoms. The monoisotopic (exact) mass is 834 g/mol. The number of esters is 1. The van der Waals surface area contributed by atoms with Gasteiger partial charge in [0.15, 0.2) is 0 Å². The van der Waals surface area contributed by atoms with Crippen LogP contribution in [-0.2, 0) is 14.3 Å². The summed E-state index contributed by atoms with van der Waals surface area (Å²) in [6, 6.07) is -0.733. The molecule has 3 N–H and O–H groups in total. The molecule has 0 rings (SSSR count). The lowest BCUT2D eigenvalue weighted by atomic mass is 10.0. The lowest BCUT2D eigenvalue weighted by molar-refractivity contribution is -0.151. The van der Waals surface area contributed by atoms with Crippen molar-refractivity contribution in [2.75, 3.05) is 6.61 Å². The zero-order chi connectivity index (χ0) is 43.8. The van der Waals surface area contributed by atoms with E-state index in [1.54, 1.807) is 0 Å². The number of nitrogens with one attached hydrogen (secondary N) is 1. The van der Waals surface area contributed by atoms with Crippen LogP contribution in [0.25, 0.3) is 0 Å². The molecule has 3 atom stereocenters. The Balaban J connectivity index is 4.79. The molecule has 0 spiro atoms. The molecule has 0 saturated heterocycles. The Hall–Kier alpha value is -3.22. The molecule has 0 aliphatic heterocycles. The van der Waals surface area contributed by atoms with Crippen molar-refractivity contribution in [1.82, 2.24) is 5.32 Å². The highest BCUT2D eigenvalue weighted by Crippen LogP contribution is 2.16. The van der Waals surface area contributed by atoms with E-state index < -0.39 is 18.2 Å². The number of ether oxygens (including phenoxy) is 1. The molecule has 342 valence electrons. The Labute approximate surface area is 369 Å². The van der Waals surface area contributed by atoms with Crippen molar-refractivity contribution in [2.45, 2.75) is 225 Å². The lowest BCUT2D eigenvalue weighted by Gasteiger charge is -2.24. The van der Waals surface area contributed by atoms with Crippen molar-refractivity contribution in [3.8, 4) is 0 Å². The molecular formula is C54H91NO5. The number of amides is 1. The van der Waals surface area contributed by atoms with Gasteiger partial charge in [-0.25, -0.2) is 0 Å². The fraction of sp³-hybridized carbons (Fsp3) is 0.667. The first-order chi connectivity index (χ1) is 29.5. The summed E-state index contributed by atoms with van der Waals surface area (Å²) in [6.07, 6.45) is 61.8. The average molecular weight is 834 g/mol. The van der Waals surface area contributed by atoms with Gasteiger partial charge in [-0.2, -0.15) is 0 Å². The maximum atomic E-state index is 13.2. The van der Waals surface area contributed by atoms with Crippen LogP contribution in [0.1, 0.15) is 207 Å². The fourth-order valence-corrected chi connectivity index (χ4v) is 6.87. The maximum Gasteiger partial charge on any atom is 0.306 e. The van der Waals surface area contributed by atoms with E-state index in [-0.39, 0.29) is 24.9 Å². The molecule has 0 aromatic carbocycles. The summed E-state index contributed by atoms with van der Waals surface area (Å²) in [5, 5.41) is 23.7. The molecule has 0 saturated carbocycles. The van der Waals surface area contributed by atoms with E-state index in [1.165, 1.54) is 96.3 Å². The Kier molecular flexibility index (Phi) is 44.3. The molecular weight excluding hydrogens is 743 g/mol. The molecule has 0 fully saturated rings. The summed E-state index contributed by atoms with van der Waals surface area (Å²) in [4.78, 5) is 26.1. The number of unbranched alkanes of at least 4 members (excludes halogenated alkanes) is 20. The number of hydrogen-bond donors (Lipinski definition) is 3. The van der Waals surface area contributed by atoms with Crippen molar-refractivity contribution in [1.29, 1.82) is 0 Å². The maximum absolute atomic E-state index is 13.2. The van der Waals surface area contributed by atoms with E-state index in [1.807, 2.05) is 60.8 Å². The molecule has 0 aromatic rings. The van der Waals surface area contributed by atoms with Gasteiger partial charge in [0.05, 0.1) is 25.2 Å². The zero-order valence-electron chi connectivity index (χ0n) is 38.8. The van der Waals surface area contributed by atoms with Crippen LogP contribution in [-0.4, -0.2) is 46.9 Å². The second kappa shape index (κ2) is 46.8. The van der Waals surface area contributed by atoms with Crippen molar-refractivity contribution in [3.63, 3.8) is 0 Å². The van der Waals surface area contributed by atoms with E-state index in [2.05, 4.69) is 62.5 Å². The van der Waals surface area contributed by atoms with Crippen molar-refractivity contribution < 1.29 is 24.5 Å². The van der Waals surface area contributed by atoms with Gasteiger partial charge in [0, 0.05) is 6.42 Å². The number of hydrogen-bond acceptors (Lipinski definition) is 5. The minimum absolute atomic E-state index is 0.0164. The summed E-state index contributed by atoms with van der Waals surface area (Å²) in [7, 11) is 0. The minimum Gasteiger partial charge on any atom is -0.462 e. The normalized spacial score (nSPS) is 14.2. The number of aliphatic hydroxyl groups is 2. The summed E-state index contributed by atoms with van der Waals surface area (Å²) >= 11 is 0. The van der Waals surface area contributed by atoms with Gasteiger partial charge in [0.2, 0.25) is 5.91 Å². The van der Waals surface area contributed by atoms with Crippen LogP contribution in [0.5, 0.6) is 0 Å².